The lowest BCUT2D eigenvalue weighted by atomic mass is 9.83. The van der Waals surface area contributed by atoms with Crippen LogP contribution in [0.5, 0.6) is 0 Å². The van der Waals surface area contributed by atoms with Crippen LogP contribution in [0.25, 0.3) is 0 Å². The highest BCUT2D eigenvalue weighted by Crippen LogP contribution is 2.54. The molecule has 3 heterocycles. The average Bonchev–Trinajstić information content (AvgIpc) is 3.22. The number of fused-ring (bicyclic) bond motifs is 2. The normalized spacial score (nSPS) is 22.8. The summed E-state index contributed by atoms with van der Waals surface area (Å²) in [7, 11) is 0. The van der Waals surface area contributed by atoms with E-state index in [1.165, 1.54) is 12.1 Å². The van der Waals surface area contributed by atoms with Gasteiger partial charge in [-0.3, -0.25) is 14.4 Å². The molecule has 1 aromatic heterocycles. The largest absolute Gasteiger partial charge is 0.418 e. The second kappa shape index (κ2) is 7.60. The van der Waals surface area contributed by atoms with E-state index in [-0.39, 0.29) is 4.87 Å². The van der Waals surface area contributed by atoms with Crippen molar-refractivity contribution in [3.05, 3.63) is 78.7 Å². The Bertz CT molecular complexity index is 1320. The zero-order valence-electron chi connectivity index (χ0n) is 15.9. The molecule has 2 amide bonds. The van der Waals surface area contributed by atoms with Crippen molar-refractivity contribution in [2.75, 3.05) is 4.90 Å². The minimum absolute atomic E-state index is 0.318. The second-order valence-corrected chi connectivity index (χ2v) is 10.4. The lowest BCUT2D eigenvalue weighted by Crippen LogP contribution is -2.33. The molecule has 32 heavy (non-hydrogen) atoms. The van der Waals surface area contributed by atoms with Gasteiger partial charge in [0.25, 0.3) is 0 Å². The third kappa shape index (κ3) is 3.34. The van der Waals surface area contributed by atoms with Gasteiger partial charge in [-0.15, -0.1) is 0 Å². The van der Waals surface area contributed by atoms with E-state index >= 15 is 0 Å². The molecule has 2 aromatic carbocycles. The van der Waals surface area contributed by atoms with Gasteiger partial charge in [-0.2, -0.15) is 13.2 Å². The van der Waals surface area contributed by atoms with Gasteiger partial charge in [-0.25, -0.2) is 4.90 Å². The van der Waals surface area contributed by atoms with E-state index in [0.29, 0.717) is 20.4 Å². The quantitative estimate of drug-likeness (QED) is 0.463. The predicted molar refractivity (Wildman–Crippen MR) is 118 cm³/mol. The van der Waals surface area contributed by atoms with Crippen molar-refractivity contribution in [3.8, 4) is 0 Å². The number of para-hydroxylation sites is 1. The number of benzene rings is 2. The number of thioether (sulfide) groups is 1. The molecular formula is C21H12BrF3N2O3S2. The Hall–Kier alpha value is -2.37. The van der Waals surface area contributed by atoms with E-state index in [2.05, 4.69) is 20.9 Å². The van der Waals surface area contributed by atoms with Crippen molar-refractivity contribution < 1.29 is 22.8 Å². The Morgan fingerprint density at radius 2 is 1.75 bits per heavy atom. The molecule has 1 N–H and O–H groups in total. The Morgan fingerprint density at radius 1 is 1.00 bits per heavy atom. The first kappa shape index (κ1) is 21.5. The average molecular weight is 541 g/mol. The van der Waals surface area contributed by atoms with Crippen molar-refractivity contribution in [1.82, 2.24) is 4.98 Å². The summed E-state index contributed by atoms with van der Waals surface area (Å²) in [6.07, 6.45) is -4.73. The summed E-state index contributed by atoms with van der Waals surface area (Å²) < 4.78 is 41.6. The van der Waals surface area contributed by atoms with Crippen molar-refractivity contribution >= 4 is 56.5 Å². The highest BCUT2D eigenvalue weighted by Gasteiger charge is 2.57. The van der Waals surface area contributed by atoms with Crippen LogP contribution in [0.1, 0.15) is 21.9 Å². The summed E-state index contributed by atoms with van der Waals surface area (Å²) in [6.45, 7) is 0. The molecule has 1 fully saturated rings. The van der Waals surface area contributed by atoms with Crippen LogP contribution >= 0.6 is 39.0 Å². The number of imide groups is 1. The fraction of sp³-hybridized carbons (Fsp3) is 0.190. The van der Waals surface area contributed by atoms with Gasteiger partial charge in [0, 0.05) is 15.3 Å². The molecule has 0 aliphatic carbocycles. The fourth-order valence-electron chi connectivity index (χ4n) is 4.22. The molecule has 3 unspecified atom stereocenters. The van der Waals surface area contributed by atoms with Gasteiger partial charge in [0.1, 0.15) is 5.25 Å². The number of alkyl halides is 3. The van der Waals surface area contributed by atoms with Crippen molar-refractivity contribution in [3.63, 3.8) is 0 Å². The molecule has 3 atom stereocenters. The van der Waals surface area contributed by atoms with Crippen LogP contribution in [0.3, 0.4) is 0 Å². The number of anilines is 1. The maximum atomic E-state index is 13.6. The van der Waals surface area contributed by atoms with Gasteiger partial charge in [0.2, 0.25) is 11.8 Å². The molecule has 164 valence electrons. The first-order valence-electron chi connectivity index (χ1n) is 9.36. The third-order valence-electron chi connectivity index (χ3n) is 5.48. The highest BCUT2D eigenvalue weighted by atomic mass is 79.9. The Morgan fingerprint density at radius 3 is 2.47 bits per heavy atom. The fourth-order valence-corrected chi connectivity index (χ4v) is 7.15. The first-order chi connectivity index (χ1) is 15.2. The zero-order chi connectivity index (χ0) is 22.8. The Balaban J connectivity index is 1.67. The van der Waals surface area contributed by atoms with Crippen LogP contribution in [0.2, 0.25) is 0 Å². The number of hydrogen-bond donors (Lipinski definition) is 1. The summed E-state index contributed by atoms with van der Waals surface area (Å²) in [5.74, 6) is -3.01. The van der Waals surface area contributed by atoms with Crippen LogP contribution in [-0.4, -0.2) is 22.0 Å². The van der Waals surface area contributed by atoms with E-state index < -0.39 is 46.3 Å². The van der Waals surface area contributed by atoms with Crippen LogP contribution in [-0.2, 0) is 15.8 Å². The number of hydrogen-bond acceptors (Lipinski definition) is 5. The number of aromatic nitrogens is 1. The number of carbonyl (C=O) groups is 2. The molecule has 5 nitrogen and oxygen atoms in total. The molecule has 3 aromatic rings. The lowest BCUT2D eigenvalue weighted by Gasteiger charge is -2.29. The van der Waals surface area contributed by atoms with Crippen LogP contribution in [0.15, 0.2) is 62.8 Å². The summed E-state index contributed by atoms with van der Waals surface area (Å²) in [5, 5.41) is -0.483. The molecular weight excluding hydrogens is 529 g/mol. The van der Waals surface area contributed by atoms with Gasteiger partial charge in [-0.05, 0) is 29.8 Å². The van der Waals surface area contributed by atoms with E-state index in [1.807, 2.05) is 0 Å². The SMILES string of the molecule is O=C1C2Sc3[nH]c(=O)sc3C(c3cccc(Br)c3)C2C(=O)N1c1ccccc1C(F)(F)F. The number of carbonyl (C=O) groups excluding carboxylic acids is 2. The lowest BCUT2D eigenvalue weighted by molar-refractivity contribution is -0.137. The monoisotopic (exact) mass is 540 g/mol. The molecule has 0 radical (unpaired) electrons. The molecule has 2 aliphatic heterocycles. The molecule has 2 aliphatic rings. The number of nitrogens with one attached hydrogen (secondary N) is 1. The number of nitrogens with zero attached hydrogens (tertiary/aromatic N) is 1. The smallest absolute Gasteiger partial charge is 0.307 e. The zero-order valence-corrected chi connectivity index (χ0v) is 19.1. The van der Waals surface area contributed by atoms with E-state index in [1.54, 1.807) is 24.3 Å². The summed E-state index contributed by atoms with van der Waals surface area (Å²) >= 11 is 5.37. The molecule has 1 saturated heterocycles. The molecule has 0 spiro atoms. The molecule has 0 saturated carbocycles. The van der Waals surface area contributed by atoms with Crippen LogP contribution < -0.4 is 9.77 Å². The van der Waals surface area contributed by atoms with Gasteiger partial charge in [0.15, 0.2) is 0 Å². The number of halogens is 4. The van der Waals surface area contributed by atoms with Gasteiger partial charge in [-0.1, -0.05) is 63.3 Å². The Kier molecular flexibility index (Phi) is 5.10. The van der Waals surface area contributed by atoms with E-state index in [4.69, 9.17) is 0 Å². The molecule has 5 rings (SSSR count). The third-order valence-corrected chi connectivity index (χ3v) is 8.38. The standard InChI is InChI=1S/C21H12BrF3N2O3S2/c22-10-5-3-4-9(8-10)13-14-16(31-17-15(13)32-20(30)26-17)19(29)27(18(14)28)12-7-2-1-6-11(12)21(23,24)25/h1-8,13-14,16H,(H,26,30). The number of aromatic amines is 1. The minimum Gasteiger partial charge on any atom is -0.307 e. The maximum Gasteiger partial charge on any atom is 0.418 e. The first-order valence-corrected chi connectivity index (χ1v) is 11.8. The van der Waals surface area contributed by atoms with Gasteiger partial charge >= 0.3 is 11.0 Å². The summed E-state index contributed by atoms with van der Waals surface area (Å²) in [6, 6.07) is 11.7. The van der Waals surface area contributed by atoms with Gasteiger partial charge in [0.05, 0.1) is 22.2 Å². The summed E-state index contributed by atoms with van der Waals surface area (Å²) in [4.78, 5) is 42.6. The number of amides is 2. The summed E-state index contributed by atoms with van der Waals surface area (Å²) in [5.41, 5.74) is -0.833. The number of H-pyrrole nitrogens is 1. The Labute approximate surface area is 195 Å². The second-order valence-electron chi connectivity index (χ2n) is 7.33. The van der Waals surface area contributed by atoms with Crippen molar-refractivity contribution in [2.24, 2.45) is 5.92 Å². The molecule has 11 heteroatoms. The predicted octanol–water partition coefficient (Wildman–Crippen LogP) is 5.01. The van der Waals surface area contributed by atoms with Crippen molar-refractivity contribution in [2.45, 2.75) is 22.4 Å². The number of thiazole rings is 1. The maximum absolute atomic E-state index is 13.6. The van der Waals surface area contributed by atoms with Crippen molar-refractivity contribution in [1.29, 1.82) is 0 Å². The van der Waals surface area contributed by atoms with Crippen LogP contribution in [0.4, 0.5) is 18.9 Å². The minimum atomic E-state index is -4.73. The van der Waals surface area contributed by atoms with E-state index in [0.717, 1.165) is 39.7 Å². The topological polar surface area (TPSA) is 70.2 Å². The van der Waals surface area contributed by atoms with Crippen LogP contribution in [0, 0.1) is 5.92 Å². The highest BCUT2D eigenvalue weighted by molar-refractivity contribution is 9.10. The molecule has 0 bridgehead atoms. The number of rotatable bonds is 2. The van der Waals surface area contributed by atoms with Gasteiger partial charge < -0.3 is 4.98 Å². The van der Waals surface area contributed by atoms with E-state index in [9.17, 15) is 27.6 Å².